The molecule has 2 heteroatoms. The summed E-state index contributed by atoms with van der Waals surface area (Å²) < 4.78 is 0. The van der Waals surface area contributed by atoms with Gasteiger partial charge in [0.1, 0.15) is 0 Å². The molecule has 1 aromatic rings. The van der Waals surface area contributed by atoms with E-state index in [-0.39, 0.29) is 0 Å². The second-order valence-electron chi connectivity index (χ2n) is 4.15. The molecule has 0 unspecified atom stereocenters. The van der Waals surface area contributed by atoms with Gasteiger partial charge in [0.2, 0.25) is 0 Å². The molecular formula is C15H22N2. The maximum Gasteiger partial charge on any atom is 0.0454 e. The molecule has 0 fully saturated rings. The van der Waals surface area contributed by atoms with Crippen LogP contribution in [0.1, 0.15) is 27.2 Å². The fraction of sp³-hybridized carbons (Fsp3) is 0.333. The molecule has 0 spiro atoms. The molecule has 2 nitrogen and oxygen atoms in total. The molecule has 0 aromatic heterocycles. The predicted octanol–water partition coefficient (Wildman–Crippen LogP) is 3.67. The van der Waals surface area contributed by atoms with Gasteiger partial charge < -0.3 is 10.6 Å². The van der Waals surface area contributed by atoms with E-state index in [2.05, 4.69) is 37.5 Å². The minimum atomic E-state index is 0.596. The first-order valence-electron chi connectivity index (χ1n) is 6.01. The third-order valence-electron chi connectivity index (χ3n) is 2.92. The predicted molar refractivity (Wildman–Crippen MR) is 75.8 cm³/mol. The zero-order chi connectivity index (χ0) is 12.8. The van der Waals surface area contributed by atoms with E-state index in [0.29, 0.717) is 6.54 Å². The van der Waals surface area contributed by atoms with Crippen molar-refractivity contribution >= 4 is 5.69 Å². The molecule has 2 N–H and O–H groups in total. The molecule has 0 amide bonds. The summed E-state index contributed by atoms with van der Waals surface area (Å²) in [7, 11) is 0. The van der Waals surface area contributed by atoms with Crippen molar-refractivity contribution in [3.05, 3.63) is 53.9 Å². The fourth-order valence-electron chi connectivity index (χ4n) is 1.98. The van der Waals surface area contributed by atoms with Crippen LogP contribution >= 0.6 is 0 Å². The third kappa shape index (κ3) is 3.21. The van der Waals surface area contributed by atoms with Gasteiger partial charge in [-0.2, -0.15) is 0 Å². The standard InChI is InChI=1S/C15H22N2/c1-5-14(11-16)13(4)17(12(2)3)15-9-7-6-8-10-15/h6-10H,2,5,11,16H2,1,3-4H3/b14-13+. The van der Waals surface area contributed by atoms with Crippen LogP contribution in [-0.4, -0.2) is 6.54 Å². The lowest BCUT2D eigenvalue weighted by atomic mass is 10.1. The van der Waals surface area contributed by atoms with Gasteiger partial charge in [0, 0.05) is 23.6 Å². The average Bonchev–Trinajstić information content (AvgIpc) is 2.31. The Bertz CT molecular complexity index is 398. The minimum Gasteiger partial charge on any atom is -0.327 e. The highest BCUT2D eigenvalue weighted by atomic mass is 15.1. The van der Waals surface area contributed by atoms with Crippen LogP contribution in [0, 0.1) is 0 Å². The van der Waals surface area contributed by atoms with E-state index in [0.717, 1.165) is 17.8 Å². The van der Waals surface area contributed by atoms with Crippen LogP contribution in [-0.2, 0) is 0 Å². The van der Waals surface area contributed by atoms with Gasteiger partial charge in [0.05, 0.1) is 0 Å². The first-order valence-corrected chi connectivity index (χ1v) is 6.01. The van der Waals surface area contributed by atoms with Crippen LogP contribution in [0.25, 0.3) is 0 Å². The first-order chi connectivity index (χ1) is 8.11. The van der Waals surface area contributed by atoms with Crippen molar-refractivity contribution in [1.29, 1.82) is 0 Å². The number of hydrogen-bond acceptors (Lipinski definition) is 2. The molecule has 0 bridgehead atoms. The summed E-state index contributed by atoms with van der Waals surface area (Å²) in [4.78, 5) is 2.16. The van der Waals surface area contributed by atoms with Gasteiger partial charge in [-0.3, -0.25) is 0 Å². The lowest BCUT2D eigenvalue weighted by Crippen LogP contribution is -2.21. The van der Waals surface area contributed by atoms with Crippen molar-refractivity contribution in [1.82, 2.24) is 0 Å². The van der Waals surface area contributed by atoms with Crippen molar-refractivity contribution in [2.75, 3.05) is 11.4 Å². The average molecular weight is 230 g/mol. The van der Waals surface area contributed by atoms with Gasteiger partial charge in [-0.1, -0.05) is 31.7 Å². The van der Waals surface area contributed by atoms with Crippen molar-refractivity contribution in [2.24, 2.45) is 5.73 Å². The molecule has 0 saturated heterocycles. The van der Waals surface area contributed by atoms with Crippen LogP contribution in [0.3, 0.4) is 0 Å². The third-order valence-corrected chi connectivity index (χ3v) is 2.92. The quantitative estimate of drug-likeness (QED) is 0.836. The molecule has 0 aliphatic rings. The van der Waals surface area contributed by atoms with Gasteiger partial charge >= 0.3 is 0 Å². The molecule has 17 heavy (non-hydrogen) atoms. The lowest BCUT2D eigenvalue weighted by molar-refractivity contribution is 0.931. The number of rotatable bonds is 5. The summed E-state index contributed by atoms with van der Waals surface area (Å²) >= 11 is 0. The normalized spacial score (nSPS) is 12.0. The molecule has 1 aromatic carbocycles. The van der Waals surface area contributed by atoms with Crippen LogP contribution < -0.4 is 10.6 Å². The largest absolute Gasteiger partial charge is 0.327 e. The number of anilines is 1. The Labute approximate surface area is 104 Å². The van der Waals surface area contributed by atoms with Gasteiger partial charge in [0.25, 0.3) is 0 Å². The second kappa shape index (κ2) is 6.26. The number of allylic oxidation sites excluding steroid dienone is 2. The molecule has 92 valence electrons. The van der Waals surface area contributed by atoms with Gasteiger partial charge in [-0.05, 0) is 38.0 Å². The number of hydrogen-bond donors (Lipinski definition) is 1. The summed E-state index contributed by atoms with van der Waals surface area (Å²) in [6.07, 6.45) is 0.971. The monoisotopic (exact) mass is 230 g/mol. The Morgan fingerprint density at radius 1 is 1.24 bits per heavy atom. The van der Waals surface area contributed by atoms with Crippen LogP contribution in [0.4, 0.5) is 5.69 Å². The van der Waals surface area contributed by atoms with E-state index in [4.69, 9.17) is 5.73 Å². The summed E-state index contributed by atoms with van der Waals surface area (Å²) in [5.74, 6) is 0. The number of nitrogens with two attached hydrogens (primary N) is 1. The molecule has 0 aliphatic carbocycles. The van der Waals surface area contributed by atoms with Crippen molar-refractivity contribution in [3.8, 4) is 0 Å². The Balaban J connectivity index is 3.20. The lowest BCUT2D eigenvalue weighted by Gasteiger charge is -2.28. The summed E-state index contributed by atoms with van der Waals surface area (Å²) in [6, 6.07) is 10.3. The first kappa shape index (κ1) is 13.5. The maximum absolute atomic E-state index is 5.79. The fourth-order valence-corrected chi connectivity index (χ4v) is 1.98. The van der Waals surface area contributed by atoms with Crippen LogP contribution in [0.5, 0.6) is 0 Å². The van der Waals surface area contributed by atoms with E-state index >= 15 is 0 Å². The summed E-state index contributed by atoms with van der Waals surface area (Å²) in [5.41, 5.74) is 10.4. The summed E-state index contributed by atoms with van der Waals surface area (Å²) in [5, 5.41) is 0. The second-order valence-corrected chi connectivity index (χ2v) is 4.15. The van der Waals surface area contributed by atoms with Crippen molar-refractivity contribution in [3.63, 3.8) is 0 Å². The zero-order valence-electron chi connectivity index (χ0n) is 11.0. The molecule has 0 atom stereocenters. The van der Waals surface area contributed by atoms with Gasteiger partial charge in [0.15, 0.2) is 0 Å². The molecule has 0 heterocycles. The van der Waals surface area contributed by atoms with E-state index in [9.17, 15) is 0 Å². The highest BCUT2D eigenvalue weighted by Gasteiger charge is 2.11. The Morgan fingerprint density at radius 3 is 2.24 bits per heavy atom. The smallest absolute Gasteiger partial charge is 0.0454 e. The van der Waals surface area contributed by atoms with E-state index in [1.807, 2.05) is 25.1 Å². The Hall–Kier alpha value is -1.54. The van der Waals surface area contributed by atoms with E-state index < -0.39 is 0 Å². The Morgan fingerprint density at radius 2 is 1.82 bits per heavy atom. The van der Waals surface area contributed by atoms with Gasteiger partial charge in [-0.25, -0.2) is 0 Å². The Kier molecular flexibility index (Phi) is 4.98. The molecule has 0 aliphatic heterocycles. The molecular weight excluding hydrogens is 208 g/mol. The highest BCUT2D eigenvalue weighted by molar-refractivity contribution is 5.57. The maximum atomic E-state index is 5.79. The molecule has 0 radical (unpaired) electrons. The SMILES string of the molecule is C=C(C)N(/C(C)=C(\CC)CN)c1ccccc1. The van der Waals surface area contributed by atoms with Crippen molar-refractivity contribution < 1.29 is 0 Å². The van der Waals surface area contributed by atoms with Gasteiger partial charge in [-0.15, -0.1) is 0 Å². The topological polar surface area (TPSA) is 29.3 Å². The van der Waals surface area contributed by atoms with Crippen LogP contribution in [0.2, 0.25) is 0 Å². The van der Waals surface area contributed by atoms with E-state index in [1.165, 1.54) is 11.3 Å². The molecule has 0 saturated carbocycles. The minimum absolute atomic E-state index is 0.596. The number of benzene rings is 1. The van der Waals surface area contributed by atoms with Crippen LogP contribution in [0.15, 0.2) is 53.9 Å². The highest BCUT2D eigenvalue weighted by Crippen LogP contribution is 2.25. The molecule has 1 rings (SSSR count). The zero-order valence-corrected chi connectivity index (χ0v) is 11.0. The number of para-hydroxylation sites is 1. The number of nitrogens with zero attached hydrogens (tertiary/aromatic N) is 1. The van der Waals surface area contributed by atoms with Crippen molar-refractivity contribution in [2.45, 2.75) is 27.2 Å². The van der Waals surface area contributed by atoms with E-state index in [1.54, 1.807) is 0 Å². The summed E-state index contributed by atoms with van der Waals surface area (Å²) in [6.45, 7) is 10.9.